The number of rotatable bonds is 8. The minimum Gasteiger partial charge on any atom is -0.486 e. The lowest BCUT2D eigenvalue weighted by molar-refractivity contribution is 0.0804. The van der Waals surface area contributed by atoms with Gasteiger partial charge in [-0.1, -0.05) is 11.6 Å². The molecule has 0 unspecified atom stereocenters. The predicted molar refractivity (Wildman–Crippen MR) is 122 cm³/mol. The van der Waals surface area contributed by atoms with Crippen LogP contribution in [0.4, 0.5) is 8.78 Å². The van der Waals surface area contributed by atoms with Crippen LogP contribution in [0.5, 0.6) is 11.6 Å². The standard InChI is InChI=1S/C21H22ClF2N5O5S/c1-21(4-6-35(31,32)7-5-21)27-20(30)14-10-29-18(26-14)2-3-19(28-29)34-11-15-16(33-12-17(23)24)8-13(22)9-25-15/h2-3,8-10,17H,4-7,11-12H2,1H3,(H,27,30). The Morgan fingerprint density at radius 3 is 2.74 bits per heavy atom. The van der Waals surface area contributed by atoms with E-state index in [1.807, 2.05) is 6.92 Å². The van der Waals surface area contributed by atoms with Crippen LogP contribution in [0, 0.1) is 0 Å². The van der Waals surface area contributed by atoms with E-state index < -0.39 is 34.3 Å². The van der Waals surface area contributed by atoms with Crippen LogP contribution in [0.15, 0.2) is 30.6 Å². The van der Waals surface area contributed by atoms with Crippen molar-refractivity contribution >= 4 is 33.0 Å². The van der Waals surface area contributed by atoms with Crippen molar-refractivity contribution in [3.8, 4) is 11.6 Å². The first-order valence-electron chi connectivity index (χ1n) is 10.6. The van der Waals surface area contributed by atoms with Crippen molar-refractivity contribution < 1.29 is 31.5 Å². The summed E-state index contributed by atoms with van der Waals surface area (Å²) in [6, 6.07) is 4.50. The van der Waals surface area contributed by atoms with Crippen LogP contribution in [0.1, 0.15) is 35.9 Å². The fourth-order valence-electron chi connectivity index (χ4n) is 3.48. The Hall–Kier alpha value is -3.06. The number of nitrogens with zero attached hydrogens (tertiary/aromatic N) is 4. The molecule has 3 aromatic heterocycles. The van der Waals surface area contributed by atoms with Crippen LogP contribution in [-0.2, 0) is 16.4 Å². The second-order valence-corrected chi connectivity index (χ2v) is 11.1. The third-order valence-corrected chi connectivity index (χ3v) is 7.35. The van der Waals surface area contributed by atoms with Crippen molar-refractivity contribution in [2.24, 2.45) is 0 Å². The quantitative estimate of drug-likeness (QED) is 0.472. The van der Waals surface area contributed by atoms with Crippen LogP contribution in [0.2, 0.25) is 5.02 Å². The summed E-state index contributed by atoms with van der Waals surface area (Å²) in [5, 5.41) is 7.36. The van der Waals surface area contributed by atoms with Gasteiger partial charge in [-0.2, -0.15) is 0 Å². The number of fused-ring (bicyclic) bond motifs is 1. The van der Waals surface area contributed by atoms with E-state index in [1.54, 1.807) is 6.07 Å². The molecule has 0 saturated carbocycles. The molecule has 1 fully saturated rings. The Labute approximate surface area is 204 Å². The highest BCUT2D eigenvalue weighted by molar-refractivity contribution is 7.91. The third-order valence-electron chi connectivity index (χ3n) is 5.49. The third kappa shape index (κ3) is 6.34. The van der Waals surface area contributed by atoms with Gasteiger partial charge in [-0.15, -0.1) is 5.10 Å². The number of hydrogen-bond donors (Lipinski definition) is 1. The largest absolute Gasteiger partial charge is 0.486 e. The number of pyridine rings is 1. The fraction of sp³-hybridized carbons (Fsp3) is 0.429. The molecule has 1 N–H and O–H groups in total. The summed E-state index contributed by atoms with van der Waals surface area (Å²) in [5.41, 5.74) is 0.122. The maximum absolute atomic E-state index is 12.7. The highest BCUT2D eigenvalue weighted by Crippen LogP contribution is 2.25. The lowest BCUT2D eigenvalue weighted by atomic mass is 9.95. The molecule has 4 rings (SSSR count). The SMILES string of the molecule is CC1(NC(=O)c2cn3nc(OCc4ncc(Cl)cc4OCC(F)F)ccc3n2)CCS(=O)(=O)CC1. The zero-order valence-electron chi connectivity index (χ0n) is 18.6. The molecule has 4 heterocycles. The number of imidazole rings is 1. The number of hydrogen-bond acceptors (Lipinski definition) is 8. The number of nitrogens with one attached hydrogen (secondary N) is 1. The Bertz CT molecular complexity index is 1340. The summed E-state index contributed by atoms with van der Waals surface area (Å²) in [5.74, 6) is -0.151. The molecular formula is C21H22ClF2N5O5S. The molecule has 1 aliphatic heterocycles. The topological polar surface area (TPSA) is 125 Å². The number of halogens is 3. The average molecular weight is 530 g/mol. The molecule has 1 saturated heterocycles. The monoisotopic (exact) mass is 529 g/mol. The van der Waals surface area contributed by atoms with E-state index in [0.717, 1.165) is 0 Å². The van der Waals surface area contributed by atoms with Crippen molar-refractivity contribution in [3.63, 3.8) is 0 Å². The van der Waals surface area contributed by atoms with Gasteiger partial charge in [0.25, 0.3) is 12.3 Å². The number of ether oxygens (including phenoxy) is 2. The molecule has 1 amide bonds. The summed E-state index contributed by atoms with van der Waals surface area (Å²) in [4.78, 5) is 21.1. The Morgan fingerprint density at radius 1 is 1.29 bits per heavy atom. The van der Waals surface area contributed by atoms with Gasteiger partial charge < -0.3 is 14.8 Å². The molecule has 35 heavy (non-hydrogen) atoms. The van der Waals surface area contributed by atoms with Crippen LogP contribution in [0.3, 0.4) is 0 Å². The maximum atomic E-state index is 12.7. The zero-order valence-corrected chi connectivity index (χ0v) is 20.2. The molecule has 0 radical (unpaired) electrons. The Morgan fingerprint density at radius 2 is 2.03 bits per heavy atom. The van der Waals surface area contributed by atoms with Gasteiger partial charge in [0.05, 0.1) is 22.7 Å². The lowest BCUT2D eigenvalue weighted by Gasteiger charge is -2.34. The van der Waals surface area contributed by atoms with E-state index in [0.29, 0.717) is 18.5 Å². The summed E-state index contributed by atoms with van der Waals surface area (Å²) >= 11 is 5.87. The van der Waals surface area contributed by atoms with Crippen molar-refractivity contribution in [1.82, 2.24) is 24.9 Å². The van der Waals surface area contributed by atoms with Crippen molar-refractivity contribution in [2.45, 2.75) is 38.3 Å². The van der Waals surface area contributed by atoms with Gasteiger partial charge in [0.1, 0.15) is 40.2 Å². The Balaban J connectivity index is 1.44. The second kappa shape index (κ2) is 9.90. The molecule has 1 aliphatic rings. The smallest absolute Gasteiger partial charge is 0.272 e. The molecule has 3 aromatic rings. The number of alkyl halides is 2. The first-order valence-corrected chi connectivity index (χ1v) is 12.8. The van der Waals surface area contributed by atoms with Gasteiger partial charge in [-0.05, 0) is 25.8 Å². The van der Waals surface area contributed by atoms with Crippen LogP contribution in [-0.4, -0.2) is 64.0 Å². The molecule has 188 valence electrons. The number of carbonyl (C=O) groups is 1. The summed E-state index contributed by atoms with van der Waals surface area (Å²) in [6.45, 7) is 0.870. The molecule has 0 spiro atoms. The van der Waals surface area contributed by atoms with Gasteiger partial charge in [0, 0.05) is 23.9 Å². The average Bonchev–Trinajstić information content (AvgIpc) is 3.23. The molecular weight excluding hydrogens is 508 g/mol. The van der Waals surface area contributed by atoms with Gasteiger partial charge in [0.2, 0.25) is 5.88 Å². The van der Waals surface area contributed by atoms with E-state index in [4.69, 9.17) is 21.1 Å². The predicted octanol–water partition coefficient (Wildman–Crippen LogP) is 2.70. The maximum Gasteiger partial charge on any atom is 0.272 e. The highest BCUT2D eigenvalue weighted by Gasteiger charge is 2.35. The molecule has 0 atom stereocenters. The molecule has 0 aromatic carbocycles. The number of sulfone groups is 1. The first kappa shape index (κ1) is 25.0. The van der Waals surface area contributed by atoms with Gasteiger partial charge in [-0.3, -0.25) is 9.78 Å². The number of carbonyl (C=O) groups excluding carboxylic acids is 1. The van der Waals surface area contributed by atoms with Gasteiger partial charge in [0.15, 0.2) is 5.65 Å². The van der Waals surface area contributed by atoms with E-state index in [1.165, 1.54) is 29.0 Å². The lowest BCUT2D eigenvalue weighted by Crippen LogP contribution is -2.51. The minimum absolute atomic E-state index is 0.0224. The van der Waals surface area contributed by atoms with Gasteiger partial charge >= 0.3 is 0 Å². The van der Waals surface area contributed by atoms with E-state index >= 15 is 0 Å². The van der Waals surface area contributed by atoms with Crippen molar-refractivity contribution in [1.29, 1.82) is 0 Å². The molecule has 0 bridgehead atoms. The van der Waals surface area contributed by atoms with Crippen LogP contribution < -0.4 is 14.8 Å². The van der Waals surface area contributed by atoms with Crippen LogP contribution in [0.25, 0.3) is 5.65 Å². The second-order valence-electron chi connectivity index (χ2n) is 8.36. The fourth-order valence-corrected chi connectivity index (χ4v) is 5.36. The van der Waals surface area contributed by atoms with E-state index in [2.05, 4.69) is 20.4 Å². The normalized spacial score (nSPS) is 16.8. The minimum atomic E-state index is -3.06. The summed E-state index contributed by atoms with van der Waals surface area (Å²) in [7, 11) is -3.06. The summed E-state index contributed by atoms with van der Waals surface area (Å²) in [6.07, 6.45) is 0.764. The van der Waals surface area contributed by atoms with Crippen molar-refractivity contribution in [3.05, 3.63) is 47.0 Å². The molecule has 14 heteroatoms. The highest BCUT2D eigenvalue weighted by atomic mass is 35.5. The van der Waals surface area contributed by atoms with Crippen molar-refractivity contribution in [2.75, 3.05) is 18.1 Å². The van der Waals surface area contributed by atoms with E-state index in [-0.39, 0.29) is 46.2 Å². The summed E-state index contributed by atoms with van der Waals surface area (Å²) < 4.78 is 60.4. The van der Waals surface area contributed by atoms with Crippen LogP contribution >= 0.6 is 11.6 Å². The van der Waals surface area contributed by atoms with Gasteiger partial charge in [-0.25, -0.2) is 26.7 Å². The first-order chi connectivity index (χ1) is 16.5. The number of aromatic nitrogens is 4. The zero-order chi connectivity index (χ0) is 25.2. The number of amides is 1. The molecule has 0 aliphatic carbocycles. The Kier molecular flexibility index (Phi) is 7.08. The van der Waals surface area contributed by atoms with E-state index in [9.17, 15) is 22.0 Å². The molecule has 10 nitrogen and oxygen atoms in total.